The van der Waals surface area contributed by atoms with Crippen molar-refractivity contribution in [1.82, 2.24) is 10.2 Å². The Bertz CT molecular complexity index is 1080. The molecule has 36 heavy (non-hydrogen) atoms. The van der Waals surface area contributed by atoms with Gasteiger partial charge in [0.2, 0.25) is 0 Å². The van der Waals surface area contributed by atoms with Crippen molar-refractivity contribution in [2.24, 2.45) is 11.3 Å². The maximum atomic E-state index is 13.0. The smallest absolute Gasteiger partial charge is 0.407 e. The number of alkyl carbamates (subject to hydrolysis) is 1. The van der Waals surface area contributed by atoms with Crippen molar-refractivity contribution in [3.8, 4) is 16.9 Å². The third-order valence-corrected chi connectivity index (χ3v) is 8.76. The van der Waals surface area contributed by atoms with Gasteiger partial charge < -0.3 is 19.5 Å². The van der Waals surface area contributed by atoms with E-state index in [1.807, 2.05) is 0 Å². The molecule has 4 saturated heterocycles. The van der Waals surface area contributed by atoms with Crippen LogP contribution in [0.2, 0.25) is 0 Å². The van der Waals surface area contributed by atoms with Gasteiger partial charge in [-0.25, -0.2) is 4.79 Å². The zero-order valence-corrected chi connectivity index (χ0v) is 21.5. The Kier molecular flexibility index (Phi) is 6.42. The number of nitrogens with one attached hydrogen (secondary N) is 1. The van der Waals surface area contributed by atoms with Gasteiger partial charge >= 0.3 is 6.09 Å². The third-order valence-electron chi connectivity index (χ3n) is 8.76. The molecule has 7 rings (SSSR count). The quantitative estimate of drug-likeness (QED) is 0.611. The van der Waals surface area contributed by atoms with Crippen molar-refractivity contribution in [3.05, 3.63) is 53.6 Å². The van der Waals surface area contributed by atoms with Crippen molar-refractivity contribution in [2.75, 3.05) is 39.5 Å². The highest BCUT2D eigenvalue weighted by molar-refractivity contribution is 5.70. The van der Waals surface area contributed by atoms with E-state index in [1.54, 1.807) is 0 Å². The monoisotopic (exact) mass is 490 g/mol. The highest BCUT2D eigenvalue weighted by atomic mass is 16.6. The van der Waals surface area contributed by atoms with Gasteiger partial charge in [-0.05, 0) is 73.4 Å². The van der Waals surface area contributed by atoms with Crippen molar-refractivity contribution in [3.63, 3.8) is 0 Å². The molecule has 0 spiro atoms. The van der Waals surface area contributed by atoms with Crippen LogP contribution < -0.4 is 10.1 Å². The Morgan fingerprint density at radius 3 is 2.42 bits per heavy atom. The van der Waals surface area contributed by atoms with E-state index in [1.165, 1.54) is 11.1 Å². The summed E-state index contributed by atoms with van der Waals surface area (Å²) in [6, 6.07) is 15.1. The highest BCUT2D eigenvalue weighted by Crippen LogP contribution is 2.44. The molecule has 1 unspecified atom stereocenters. The van der Waals surface area contributed by atoms with E-state index < -0.39 is 0 Å². The Balaban J connectivity index is 1.17. The summed E-state index contributed by atoms with van der Waals surface area (Å²) in [7, 11) is 0. The fourth-order valence-electron chi connectivity index (χ4n) is 6.43. The highest BCUT2D eigenvalue weighted by Gasteiger charge is 2.41. The molecule has 2 aromatic carbocycles. The van der Waals surface area contributed by atoms with E-state index in [0.717, 1.165) is 75.4 Å². The minimum Gasteiger partial charge on any atom is -0.493 e. The number of hydrogen-bond acceptors (Lipinski definition) is 5. The van der Waals surface area contributed by atoms with Crippen LogP contribution in [0, 0.1) is 11.3 Å². The lowest BCUT2D eigenvalue weighted by molar-refractivity contribution is -0.0361. The van der Waals surface area contributed by atoms with Gasteiger partial charge in [-0.15, -0.1) is 0 Å². The molecule has 5 heterocycles. The summed E-state index contributed by atoms with van der Waals surface area (Å²) in [5.41, 5.74) is 4.46. The SMILES string of the molecule is CC1(C)COc2cc(-c3ccc(C4CCOCC4)cc3)ccc2C1NC(=O)O[C@@H]1CN2CCC1CC2. The van der Waals surface area contributed by atoms with Crippen LogP contribution in [0.15, 0.2) is 42.5 Å². The number of amides is 1. The van der Waals surface area contributed by atoms with Crippen LogP contribution in [0.1, 0.15) is 62.6 Å². The molecule has 6 nitrogen and oxygen atoms in total. The lowest BCUT2D eigenvalue weighted by Gasteiger charge is -2.44. The van der Waals surface area contributed by atoms with Crippen LogP contribution in [-0.4, -0.2) is 56.6 Å². The number of ether oxygens (including phenoxy) is 3. The number of piperidine rings is 3. The lowest BCUT2D eigenvalue weighted by atomic mass is 9.78. The maximum absolute atomic E-state index is 13.0. The average molecular weight is 491 g/mol. The van der Waals surface area contributed by atoms with Crippen LogP contribution in [0.4, 0.5) is 4.79 Å². The topological polar surface area (TPSA) is 60.0 Å². The standard InChI is InChI=1S/C30H38N2O4/c1-30(2)19-35-26-17-24(21-5-3-20(4-6-21)22-11-15-34-16-12-22)7-8-25(26)28(30)31-29(33)36-27-18-32-13-9-23(27)10-14-32/h3-8,17,22-23,27-28H,9-16,18-19H2,1-2H3,(H,31,33)/t27-,28?/m1/s1. The fourth-order valence-corrected chi connectivity index (χ4v) is 6.43. The number of hydrogen-bond donors (Lipinski definition) is 1. The summed E-state index contributed by atoms with van der Waals surface area (Å²) in [6.45, 7) is 9.65. The van der Waals surface area contributed by atoms with Gasteiger partial charge in [-0.1, -0.05) is 50.2 Å². The van der Waals surface area contributed by atoms with Crippen LogP contribution >= 0.6 is 0 Å². The molecular formula is C30H38N2O4. The summed E-state index contributed by atoms with van der Waals surface area (Å²) in [6.07, 6.45) is 4.13. The van der Waals surface area contributed by atoms with Crippen molar-refractivity contribution in [1.29, 1.82) is 0 Å². The number of carbonyl (C=O) groups excluding carboxylic acids is 1. The normalized spacial score (nSPS) is 29.2. The average Bonchev–Trinajstić information content (AvgIpc) is 2.91. The molecule has 0 radical (unpaired) electrons. The number of fused-ring (bicyclic) bond motifs is 4. The van der Waals surface area contributed by atoms with E-state index in [-0.39, 0.29) is 23.7 Å². The van der Waals surface area contributed by atoms with Gasteiger partial charge in [-0.2, -0.15) is 0 Å². The number of benzene rings is 2. The molecule has 1 N–H and O–H groups in total. The molecule has 6 heteroatoms. The minimum atomic E-state index is -0.313. The summed E-state index contributed by atoms with van der Waals surface area (Å²) < 4.78 is 17.7. The van der Waals surface area contributed by atoms with Crippen molar-refractivity contribution in [2.45, 2.75) is 57.6 Å². The van der Waals surface area contributed by atoms with Gasteiger partial charge in [0.15, 0.2) is 0 Å². The summed E-state index contributed by atoms with van der Waals surface area (Å²) in [4.78, 5) is 15.4. The first-order valence-electron chi connectivity index (χ1n) is 13.6. The summed E-state index contributed by atoms with van der Waals surface area (Å²) in [5.74, 6) is 1.93. The predicted octanol–water partition coefficient (Wildman–Crippen LogP) is 5.53. The maximum Gasteiger partial charge on any atom is 0.407 e. The summed E-state index contributed by atoms with van der Waals surface area (Å²) in [5, 5.41) is 3.21. The van der Waals surface area contributed by atoms with Gasteiger partial charge in [0.25, 0.3) is 0 Å². The Morgan fingerprint density at radius 1 is 1.00 bits per heavy atom. The van der Waals surface area contributed by atoms with Crippen LogP contribution in [0.5, 0.6) is 5.75 Å². The Labute approximate surface area is 214 Å². The fraction of sp³-hybridized carbons (Fsp3) is 0.567. The van der Waals surface area contributed by atoms with Crippen molar-refractivity contribution >= 4 is 6.09 Å². The Hall–Kier alpha value is -2.57. The molecule has 0 saturated carbocycles. The third kappa shape index (κ3) is 4.73. The van der Waals surface area contributed by atoms with Crippen LogP contribution in [0.3, 0.4) is 0 Å². The molecule has 5 aliphatic heterocycles. The van der Waals surface area contributed by atoms with Gasteiger partial charge in [0, 0.05) is 30.7 Å². The first-order valence-corrected chi connectivity index (χ1v) is 13.6. The van der Waals surface area contributed by atoms with Crippen LogP contribution in [0.25, 0.3) is 11.1 Å². The summed E-state index contributed by atoms with van der Waals surface area (Å²) >= 11 is 0. The molecule has 1 amide bonds. The largest absolute Gasteiger partial charge is 0.493 e. The van der Waals surface area contributed by atoms with Gasteiger partial charge in [-0.3, -0.25) is 4.90 Å². The van der Waals surface area contributed by atoms with Crippen LogP contribution in [-0.2, 0) is 9.47 Å². The van der Waals surface area contributed by atoms with E-state index in [9.17, 15) is 4.79 Å². The molecular weight excluding hydrogens is 452 g/mol. The van der Waals surface area contributed by atoms with E-state index >= 15 is 0 Å². The molecule has 2 atom stereocenters. The molecule has 2 aromatic rings. The second kappa shape index (κ2) is 9.71. The predicted molar refractivity (Wildman–Crippen MR) is 139 cm³/mol. The molecule has 0 aliphatic carbocycles. The zero-order valence-electron chi connectivity index (χ0n) is 21.5. The first kappa shape index (κ1) is 23.8. The van der Waals surface area contributed by atoms with Crippen molar-refractivity contribution < 1.29 is 19.0 Å². The van der Waals surface area contributed by atoms with Gasteiger partial charge in [0.1, 0.15) is 11.9 Å². The van der Waals surface area contributed by atoms with E-state index in [0.29, 0.717) is 18.4 Å². The van der Waals surface area contributed by atoms with Gasteiger partial charge in [0.05, 0.1) is 12.6 Å². The molecule has 192 valence electrons. The number of carbonyl (C=O) groups is 1. The van der Waals surface area contributed by atoms with E-state index in [4.69, 9.17) is 14.2 Å². The van der Waals surface area contributed by atoms with E-state index in [2.05, 4.69) is 66.5 Å². The molecule has 5 aliphatic rings. The first-order chi connectivity index (χ1) is 17.5. The lowest BCUT2D eigenvalue weighted by Crippen LogP contribution is -2.53. The Morgan fingerprint density at radius 2 is 1.72 bits per heavy atom. The zero-order chi connectivity index (χ0) is 24.7. The minimum absolute atomic E-state index is 0.00130. The molecule has 4 fully saturated rings. The number of nitrogens with zero attached hydrogens (tertiary/aromatic N) is 1. The molecule has 0 aromatic heterocycles. The second-order valence-electron chi connectivity index (χ2n) is 11.7. The molecule has 2 bridgehead atoms. The second-order valence-corrected chi connectivity index (χ2v) is 11.7. The number of rotatable bonds is 4.